The number of methoxy groups -OCH3 is 2. The number of benzene rings is 3. The summed E-state index contributed by atoms with van der Waals surface area (Å²) in [5.41, 5.74) is 3.48. The van der Waals surface area contributed by atoms with Crippen LogP contribution in [0.1, 0.15) is 57.2 Å². The Morgan fingerprint density at radius 2 is 1.66 bits per heavy atom. The summed E-state index contributed by atoms with van der Waals surface area (Å²) in [6.07, 6.45) is 1.26. The summed E-state index contributed by atoms with van der Waals surface area (Å²) in [7, 11) is 2.96. The standard InChI is InChI=1S/C34H39N3O7/c1-9-42-28-14-22(6)26(17-25(28)20(2)3)33-36-27-13-11-10-12-24(27)34(39)37(33)35-18-23-15-29(40-7)32(30(16-23)41-8)43-19-31(38)44-21(4)5/h10-18,20-21H,9,19H2,1-8H3. The number of rotatable bonds is 12. The second-order valence-corrected chi connectivity index (χ2v) is 10.7. The average molecular weight is 602 g/mol. The quantitative estimate of drug-likeness (QED) is 0.141. The Bertz CT molecular complexity index is 1720. The molecule has 3 aromatic carbocycles. The van der Waals surface area contributed by atoms with Crippen molar-refractivity contribution < 1.29 is 28.5 Å². The van der Waals surface area contributed by atoms with Gasteiger partial charge in [0.05, 0.1) is 44.0 Å². The minimum atomic E-state index is -0.518. The molecule has 0 unspecified atom stereocenters. The molecule has 4 aromatic rings. The van der Waals surface area contributed by atoms with Gasteiger partial charge in [-0.15, -0.1) is 0 Å². The summed E-state index contributed by atoms with van der Waals surface area (Å²) < 4.78 is 29.2. The molecule has 0 N–H and O–H groups in total. The lowest BCUT2D eigenvalue weighted by Crippen LogP contribution is -2.21. The van der Waals surface area contributed by atoms with E-state index in [0.29, 0.717) is 40.4 Å². The van der Waals surface area contributed by atoms with Crippen molar-refractivity contribution >= 4 is 23.1 Å². The van der Waals surface area contributed by atoms with Crippen LogP contribution >= 0.6 is 0 Å². The first-order valence-electron chi connectivity index (χ1n) is 14.5. The van der Waals surface area contributed by atoms with Crippen LogP contribution in [0.15, 0.2) is 58.4 Å². The highest BCUT2D eigenvalue weighted by molar-refractivity contribution is 5.84. The van der Waals surface area contributed by atoms with E-state index in [9.17, 15) is 9.59 Å². The van der Waals surface area contributed by atoms with Crippen LogP contribution in [-0.4, -0.2) is 55.4 Å². The number of ether oxygens (including phenoxy) is 5. The number of para-hydroxylation sites is 1. The highest BCUT2D eigenvalue weighted by atomic mass is 16.6. The number of hydrogen-bond donors (Lipinski definition) is 0. The largest absolute Gasteiger partial charge is 0.494 e. The summed E-state index contributed by atoms with van der Waals surface area (Å²) in [5.74, 6) is 1.73. The number of carbonyl (C=O) groups is 1. The van der Waals surface area contributed by atoms with Crippen molar-refractivity contribution in [2.24, 2.45) is 5.10 Å². The number of aromatic nitrogens is 2. The molecule has 0 aliphatic heterocycles. The van der Waals surface area contributed by atoms with Crippen LogP contribution in [0.2, 0.25) is 0 Å². The number of esters is 1. The summed E-state index contributed by atoms with van der Waals surface area (Å²) >= 11 is 0. The minimum Gasteiger partial charge on any atom is -0.494 e. The van der Waals surface area contributed by atoms with Crippen molar-refractivity contribution in [2.45, 2.75) is 53.6 Å². The monoisotopic (exact) mass is 601 g/mol. The van der Waals surface area contributed by atoms with Crippen molar-refractivity contribution in [3.63, 3.8) is 0 Å². The van der Waals surface area contributed by atoms with Crippen molar-refractivity contribution in [3.8, 4) is 34.4 Å². The van der Waals surface area contributed by atoms with E-state index < -0.39 is 5.97 Å². The van der Waals surface area contributed by atoms with Crippen LogP contribution in [0.3, 0.4) is 0 Å². The van der Waals surface area contributed by atoms with Gasteiger partial charge < -0.3 is 23.7 Å². The zero-order chi connectivity index (χ0) is 32.0. The molecule has 44 heavy (non-hydrogen) atoms. The molecule has 0 bridgehead atoms. The molecule has 1 aromatic heterocycles. The van der Waals surface area contributed by atoms with Crippen molar-refractivity contribution in [2.75, 3.05) is 27.4 Å². The lowest BCUT2D eigenvalue weighted by atomic mass is 9.96. The van der Waals surface area contributed by atoms with E-state index in [1.165, 1.54) is 25.1 Å². The highest BCUT2D eigenvalue weighted by Crippen LogP contribution is 2.38. The van der Waals surface area contributed by atoms with Gasteiger partial charge in [-0.2, -0.15) is 9.78 Å². The van der Waals surface area contributed by atoms with Crippen LogP contribution in [0.4, 0.5) is 0 Å². The number of fused-ring (bicyclic) bond motifs is 1. The Hall–Kier alpha value is -4.86. The summed E-state index contributed by atoms with van der Waals surface area (Å²) in [6.45, 7) is 11.8. The van der Waals surface area contributed by atoms with Gasteiger partial charge in [-0.05, 0) is 81.1 Å². The van der Waals surface area contributed by atoms with E-state index in [2.05, 4.69) is 18.9 Å². The molecular formula is C34H39N3O7. The van der Waals surface area contributed by atoms with Crippen LogP contribution in [0.5, 0.6) is 23.0 Å². The van der Waals surface area contributed by atoms with Crippen molar-refractivity contribution in [1.82, 2.24) is 9.66 Å². The third-order valence-corrected chi connectivity index (χ3v) is 6.78. The van der Waals surface area contributed by atoms with Gasteiger partial charge in [-0.25, -0.2) is 9.78 Å². The Kier molecular flexibility index (Phi) is 10.3. The minimum absolute atomic E-state index is 0.174. The predicted molar refractivity (Wildman–Crippen MR) is 171 cm³/mol. The first kappa shape index (κ1) is 32.1. The Labute approximate surface area is 257 Å². The maximum Gasteiger partial charge on any atom is 0.344 e. The van der Waals surface area contributed by atoms with Crippen LogP contribution < -0.4 is 24.5 Å². The molecule has 0 spiro atoms. The summed E-state index contributed by atoms with van der Waals surface area (Å²) in [5, 5.41) is 5.06. The third kappa shape index (κ3) is 7.02. The Balaban J connectivity index is 1.84. The zero-order valence-corrected chi connectivity index (χ0v) is 26.5. The third-order valence-electron chi connectivity index (χ3n) is 6.78. The zero-order valence-electron chi connectivity index (χ0n) is 26.5. The molecule has 4 rings (SSSR count). The molecule has 0 aliphatic carbocycles. The second kappa shape index (κ2) is 14.1. The van der Waals surface area contributed by atoms with Crippen LogP contribution in [-0.2, 0) is 9.53 Å². The van der Waals surface area contributed by atoms with E-state index in [1.54, 1.807) is 38.1 Å². The maximum atomic E-state index is 13.8. The normalized spacial score (nSPS) is 11.4. The number of nitrogens with zero attached hydrogens (tertiary/aromatic N) is 3. The van der Waals surface area contributed by atoms with Gasteiger partial charge >= 0.3 is 5.97 Å². The first-order chi connectivity index (χ1) is 21.1. The van der Waals surface area contributed by atoms with E-state index >= 15 is 0 Å². The van der Waals surface area contributed by atoms with Crippen molar-refractivity contribution in [1.29, 1.82) is 0 Å². The SMILES string of the molecule is CCOc1cc(C)c(-c2nc3ccccc3c(=O)n2N=Cc2cc(OC)c(OCC(=O)OC(C)C)c(OC)c2)cc1C(C)C. The van der Waals surface area contributed by atoms with Gasteiger partial charge in [0.1, 0.15) is 5.75 Å². The van der Waals surface area contributed by atoms with Gasteiger partial charge in [-0.1, -0.05) is 26.0 Å². The van der Waals surface area contributed by atoms with Crippen LogP contribution in [0.25, 0.3) is 22.3 Å². The van der Waals surface area contributed by atoms with Gasteiger partial charge in [0, 0.05) is 11.1 Å². The predicted octanol–water partition coefficient (Wildman–Crippen LogP) is 6.12. The molecule has 232 valence electrons. The van der Waals surface area contributed by atoms with E-state index in [4.69, 9.17) is 28.7 Å². The Morgan fingerprint density at radius 3 is 2.27 bits per heavy atom. The Morgan fingerprint density at radius 1 is 0.977 bits per heavy atom. The van der Waals surface area contributed by atoms with Crippen LogP contribution in [0, 0.1) is 6.92 Å². The fraction of sp³-hybridized carbons (Fsp3) is 0.353. The second-order valence-electron chi connectivity index (χ2n) is 10.7. The molecule has 0 saturated carbocycles. The molecule has 0 saturated heterocycles. The smallest absolute Gasteiger partial charge is 0.344 e. The fourth-order valence-electron chi connectivity index (χ4n) is 4.75. The maximum absolute atomic E-state index is 13.8. The van der Waals surface area contributed by atoms with Gasteiger partial charge in [0.2, 0.25) is 5.75 Å². The van der Waals surface area contributed by atoms with Gasteiger partial charge in [0.25, 0.3) is 5.56 Å². The van der Waals surface area contributed by atoms with E-state index in [0.717, 1.165) is 22.4 Å². The molecule has 10 nitrogen and oxygen atoms in total. The number of carbonyl (C=O) groups excluding carboxylic acids is 1. The molecular weight excluding hydrogens is 562 g/mol. The van der Waals surface area contributed by atoms with Gasteiger partial charge in [0.15, 0.2) is 23.9 Å². The molecule has 1 heterocycles. The molecule has 0 atom stereocenters. The molecule has 0 fully saturated rings. The molecule has 0 amide bonds. The first-order valence-corrected chi connectivity index (χ1v) is 14.5. The lowest BCUT2D eigenvalue weighted by molar-refractivity contribution is -0.149. The van der Waals surface area contributed by atoms with Crippen molar-refractivity contribution in [3.05, 3.63) is 75.6 Å². The molecule has 10 heteroatoms. The number of aryl methyl sites for hydroxylation is 1. The van der Waals surface area contributed by atoms with E-state index in [1.807, 2.05) is 38.1 Å². The molecule has 0 radical (unpaired) electrons. The summed E-state index contributed by atoms with van der Waals surface area (Å²) in [4.78, 5) is 30.8. The fourth-order valence-corrected chi connectivity index (χ4v) is 4.75. The van der Waals surface area contributed by atoms with Gasteiger partial charge in [-0.3, -0.25) is 4.79 Å². The summed E-state index contributed by atoms with van der Waals surface area (Å²) in [6, 6.07) is 14.5. The number of hydrogen-bond acceptors (Lipinski definition) is 9. The topological polar surface area (TPSA) is 110 Å². The molecule has 0 aliphatic rings. The average Bonchev–Trinajstić information content (AvgIpc) is 2.99. The highest BCUT2D eigenvalue weighted by Gasteiger charge is 2.20. The lowest BCUT2D eigenvalue weighted by Gasteiger charge is -2.18. The van der Waals surface area contributed by atoms with E-state index in [-0.39, 0.29) is 29.9 Å².